The molecule has 0 spiro atoms. The van der Waals surface area contributed by atoms with Crippen LogP contribution < -0.4 is 10.9 Å². The fourth-order valence-corrected chi connectivity index (χ4v) is 3.97. The first-order valence-electron chi connectivity index (χ1n) is 9.76. The number of carbonyl (C=O) groups is 1. The quantitative estimate of drug-likeness (QED) is 0.470. The van der Waals surface area contributed by atoms with Gasteiger partial charge in [0, 0.05) is 11.6 Å². The van der Waals surface area contributed by atoms with Crippen molar-refractivity contribution in [3.63, 3.8) is 0 Å². The van der Waals surface area contributed by atoms with Crippen molar-refractivity contribution in [1.82, 2.24) is 24.5 Å². The molecule has 4 aromatic rings. The second-order valence-electron chi connectivity index (χ2n) is 7.30. The molecule has 0 unspecified atom stereocenters. The van der Waals surface area contributed by atoms with E-state index in [1.807, 2.05) is 44.2 Å². The summed E-state index contributed by atoms with van der Waals surface area (Å²) in [5, 5.41) is 21.3. The van der Waals surface area contributed by atoms with Gasteiger partial charge in [-0.25, -0.2) is 0 Å². The number of nitrogens with one attached hydrogen (secondary N) is 1. The van der Waals surface area contributed by atoms with Gasteiger partial charge in [0.05, 0.1) is 29.3 Å². The summed E-state index contributed by atoms with van der Waals surface area (Å²) in [4.78, 5) is 25.9. The molecule has 9 heteroatoms. The van der Waals surface area contributed by atoms with Gasteiger partial charge in [-0.2, -0.15) is 5.26 Å². The van der Waals surface area contributed by atoms with Crippen LogP contribution in [0, 0.1) is 11.3 Å². The lowest BCUT2D eigenvalue weighted by atomic mass is 10.1. The van der Waals surface area contributed by atoms with E-state index in [1.165, 1.54) is 11.8 Å². The third-order valence-corrected chi connectivity index (χ3v) is 5.50. The average Bonchev–Trinajstić information content (AvgIpc) is 3.19. The molecular weight excluding hydrogens is 412 g/mol. The zero-order chi connectivity index (χ0) is 22.0. The van der Waals surface area contributed by atoms with Crippen molar-refractivity contribution in [2.24, 2.45) is 0 Å². The monoisotopic (exact) mass is 432 g/mol. The van der Waals surface area contributed by atoms with Crippen LogP contribution in [0.4, 0.5) is 0 Å². The second kappa shape index (κ2) is 8.62. The van der Waals surface area contributed by atoms with Gasteiger partial charge >= 0.3 is 0 Å². The average molecular weight is 433 g/mol. The maximum absolute atomic E-state index is 13.4. The van der Waals surface area contributed by atoms with Gasteiger partial charge in [-0.05, 0) is 37.6 Å². The third-order valence-electron chi connectivity index (χ3n) is 4.70. The lowest BCUT2D eigenvalue weighted by Crippen LogP contribution is -2.30. The van der Waals surface area contributed by atoms with Crippen LogP contribution in [0.5, 0.6) is 0 Å². The Morgan fingerprint density at radius 3 is 2.68 bits per heavy atom. The summed E-state index contributed by atoms with van der Waals surface area (Å²) in [6, 6.07) is 16.7. The molecule has 31 heavy (non-hydrogen) atoms. The van der Waals surface area contributed by atoms with Crippen molar-refractivity contribution in [3.8, 4) is 6.07 Å². The molecule has 0 atom stereocenters. The van der Waals surface area contributed by atoms with Crippen LogP contribution in [0.2, 0.25) is 0 Å². The summed E-state index contributed by atoms with van der Waals surface area (Å²) in [5.41, 5.74) is 1.71. The Labute approximate surface area is 182 Å². The summed E-state index contributed by atoms with van der Waals surface area (Å²) in [6.45, 7) is 4.10. The highest BCUT2D eigenvalue weighted by Gasteiger charge is 2.19. The molecule has 0 aliphatic heterocycles. The van der Waals surface area contributed by atoms with Crippen molar-refractivity contribution >= 4 is 34.3 Å². The van der Waals surface area contributed by atoms with Gasteiger partial charge in [-0.1, -0.05) is 42.1 Å². The number of hydrogen-bond acceptors (Lipinski definition) is 6. The van der Waals surface area contributed by atoms with Crippen LogP contribution in [-0.2, 0) is 6.54 Å². The summed E-state index contributed by atoms with van der Waals surface area (Å²) in [5.74, 6) is 0.328. The second-order valence-corrected chi connectivity index (χ2v) is 8.24. The van der Waals surface area contributed by atoms with Crippen molar-refractivity contribution in [1.29, 1.82) is 5.26 Å². The van der Waals surface area contributed by atoms with Gasteiger partial charge in [-0.3, -0.25) is 18.6 Å². The Morgan fingerprint density at radius 2 is 1.97 bits per heavy atom. The number of nitrogens with zero attached hydrogens (tertiary/aromatic N) is 5. The third kappa shape index (κ3) is 4.02. The molecular formula is C22H20N6O2S. The maximum atomic E-state index is 13.4. The largest absolute Gasteiger partial charge is 0.350 e. The zero-order valence-corrected chi connectivity index (χ0v) is 17.9. The molecule has 2 aromatic heterocycles. The highest BCUT2D eigenvalue weighted by Crippen LogP contribution is 2.23. The van der Waals surface area contributed by atoms with Crippen LogP contribution in [0.15, 0.2) is 58.5 Å². The maximum Gasteiger partial charge on any atom is 0.263 e. The molecule has 0 bridgehead atoms. The van der Waals surface area contributed by atoms with Gasteiger partial charge in [0.15, 0.2) is 5.16 Å². The zero-order valence-electron chi connectivity index (χ0n) is 17.1. The predicted octanol–water partition coefficient (Wildman–Crippen LogP) is 2.85. The van der Waals surface area contributed by atoms with Crippen molar-refractivity contribution in [2.45, 2.75) is 31.6 Å². The van der Waals surface area contributed by atoms with Crippen LogP contribution in [0.1, 0.15) is 29.8 Å². The Balaban J connectivity index is 1.96. The minimum absolute atomic E-state index is 0.0150. The van der Waals surface area contributed by atoms with E-state index in [1.54, 1.807) is 27.2 Å². The van der Waals surface area contributed by atoms with Gasteiger partial charge in [-0.15, -0.1) is 10.2 Å². The van der Waals surface area contributed by atoms with E-state index >= 15 is 0 Å². The van der Waals surface area contributed by atoms with E-state index in [0.29, 0.717) is 33.9 Å². The lowest BCUT2D eigenvalue weighted by Gasteiger charge is -2.13. The normalized spacial score (nSPS) is 11.2. The molecule has 0 radical (unpaired) electrons. The first-order valence-corrected chi connectivity index (χ1v) is 10.7. The van der Waals surface area contributed by atoms with Gasteiger partial charge in [0.2, 0.25) is 5.78 Å². The summed E-state index contributed by atoms with van der Waals surface area (Å²) in [7, 11) is 0. The molecule has 4 rings (SSSR count). The summed E-state index contributed by atoms with van der Waals surface area (Å²) in [6.07, 6.45) is 0. The molecule has 8 nitrogen and oxygen atoms in total. The Kier molecular flexibility index (Phi) is 5.73. The van der Waals surface area contributed by atoms with E-state index in [4.69, 9.17) is 5.26 Å². The minimum atomic E-state index is -0.224. The molecule has 1 amide bonds. The van der Waals surface area contributed by atoms with Crippen molar-refractivity contribution in [3.05, 3.63) is 70.0 Å². The van der Waals surface area contributed by atoms with E-state index in [9.17, 15) is 9.59 Å². The van der Waals surface area contributed by atoms with Crippen LogP contribution >= 0.6 is 11.8 Å². The minimum Gasteiger partial charge on any atom is -0.350 e. The van der Waals surface area contributed by atoms with Crippen LogP contribution in [0.3, 0.4) is 0 Å². The SMILES string of the molecule is CC(C)NC(=O)c1ccc2c(=O)n(Cc3ccccc3)c3nnc(SCC#N)n3c2c1. The van der Waals surface area contributed by atoms with E-state index in [0.717, 1.165) is 5.56 Å². The van der Waals surface area contributed by atoms with Crippen molar-refractivity contribution < 1.29 is 4.79 Å². The van der Waals surface area contributed by atoms with Gasteiger partial charge in [0.25, 0.3) is 11.5 Å². The smallest absolute Gasteiger partial charge is 0.263 e. The summed E-state index contributed by atoms with van der Waals surface area (Å²) >= 11 is 1.23. The molecule has 156 valence electrons. The first-order chi connectivity index (χ1) is 15.0. The number of nitriles is 1. The number of thioether (sulfide) groups is 1. The summed E-state index contributed by atoms with van der Waals surface area (Å²) < 4.78 is 3.31. The van der Waals surface area contributed by atoms with Gasteiger partial charge < -0.3 is 5.32 Å². The lowest BCUT2D eigenvalue weighted by molar-refractivity contribution is 0.0943. The Bertz CT molecular complexity index is 1370. The van der Waals surface area contributed by atoms with Crippen LogP contribution in [-0.4, -0.2) is 36.9 Å². The van der Waals surface area contributed by atoms with E-state index in [2.05, 4.69) is 21.6 Å². The first kappa shape index (κ1) is 20.6. The Hall–Kier alpha value is -3.64. The van der Waals surface area contributed by atoms with Crippen LogP contribution in [0.25, 0.3) is 16.7 Å². The molecule has 0 fully saturated rings. The molecule has 0 aliphatic carbocycles. The number of benzene rings is 2. The number of amides is 1. The molecule has 2 aromatic carbocycles. The van der Waals surface area contributed by atoms with Crippen molar-refractivity contribution in [2.75, 3.05) is 5.75 Å². The number of fused-ring (bicyclic) bond motifs is 3. The van der Waals surface area contributed by atoms with Gasteiger partial charge in [0.1, 0.15) is 0 Å². The molecule has 0 saturated carbocycles. The predicted molar refractivity (Wildman–Crippen MR) is 119 cm³/mol. The highest BCUT2D eigenvalue weighted by molar-refractivity contribution is 7.99. The Morgan fingerprint density at radius 1 is 1.19 bits per heavy atom. The number of rotatable bonds is 6. The number of carbonyl (C=O) groups excluding carboxylic acids is 1. The standard InChI is InChI=1S/C22H20N6O2S/c1-14(2)24-19(29)16-8-9-17-18(12-16)28-21(25-26-22(28)31-11-10-23)27(20(17)30)13-15-6-4-3-5-7-15/h3-9,12,14H,11,13H2,1-2H3,(H,24,29). The van der Waals surface area contributed by atoms with E-state index in [-0.39, 0.29) is 23.3 Å². The number of hydrogen-bond donors (Lipinski definition) is 1. The molecule has 0 saturated heterocycles. The molecule has 0 aliphatic rings. The molecule has 2 heterocycles. The molecule has 1 N–H and O–H groups in total. The van der Waals surface area contributed by atoms with E-state index < -0.39 is 0 Å². The highest BCUT2D eigenvalue weighted by atomic mass is 32.2. The topological polar surface area (TPSA) is 105 Å². The number of aromatic nitrogens is 4. The fraction of sp³-hybridized carbons (Fsp3) is 0.227. The fourth-order valence-electron chi connectivity index (χ4n) is 3.37.